The van der Waals surface area contributed by atoms with Gasteiger partial charge in [-0.25, -0.2) is 17.5 Å². The van der Waals surface area contributed by atoms with Crippen LogP contribution < -0.4 is 4.72 Å². The van der Waals surface area contributed by atoms with E-state index in [0.29, 0.717) is 29.7 Å². The van der Waals surface area contributed by atoms with E-state index in [9.17, 15) is 18.1 Å². The van der Waals surface area contributed by atoms with Crippen molar-refractivity contribution < 1.29 is 12.8 Å². The Hall–Kier alpha value is -2.24. The number of nitrogens with zero attached hydrogens (tertiary/aromatic N) is 2. The molecular formula is C18H21FN4O2S. The van der Waals surface area contributed by atoms with Crippen LogP contribution in [0.4, 0.5) is 4.39 Å². The van der Waals surface area contributed by atoms with Crippen LogP contribution in [0.15, 0.2) is 24.3 Å². The number of sulfonamides is 1. The minimum Gasteiger partial charge on any atom is -0.280 e. The van der Waals surface area contributed by atoms with Gasteiger partial charge in [0, 0.05) is 17.5 Å². The maximum atomic E-state index is 13.5. The Morgan fingerprint density at radius 2 is 2.08 bits per heavy atom. The summed E-state index contributed by atoms with van der Waals surface area (Å²) in [6.45, 7) is 1.62. The summed E-state index contributed by atoms with van der Waals surface area (Å²) < 4.78 is 39.6. The first-order valence-corrected chi connectivity index (χ1v) is 10.3. The zero-order valence-electron chi connectivity index (χ0n) is 14.5. The van der Waals surface area contributed by atoms with E-state index in [0.717, 1.165) is 18.5 Å². The van der Waals surface area contributed by atoms with Crippen molar-refractivity contribution in [3.05, 3.63) is 41.3 Å². The van der Waals surface area contributed by atoms with Gasteiger partial charge in [-0.15, -0.1) is 0 Å². The molecular weight excluding hydrogens is 355 g/mol. The molecule has 0 unspecified atom stereocenters. The Bertz CT molecular complexity index is 925. The molecule has 3 rings (SSSR count). The molecule has 138 valence electrons. The Morgan fingerprint density at radius 3 is 2.69 bits per heavy atom. The highest BCUT2D eigenvalue weighted by Crippen LogP contribution is 2.36. The number of aromatic amines is 1. The van der Waals surface area contributed by atoms with E-state index in [2.05, 4.69) is 21.0 Å². The average Bonchev–Trinajstić information content (AvgIpc) is 3.06. The fourth-order valence-electron chi connectivity index (χ4n) is 3.45. The molecule has 0 bridgehead atoms. The topological polar surface area (TPSA) is 98.6 Å². The van der Waals surface area contributed by atoms with Gasteiger partial charge in [0.2, 0.25) is 10.0 Å². The number of benzene rings is 1. The standard InChI is InChI=1S/C18H21FN4O2S/c1-2-26(24,25)23-15-8-6-12(7-9-15)17-16(11-20)18(22-21-17)13-4-3-5-14(19)10-13/h3-5,10,12,15,23H,2,6-9H2,1H3,(H,21,22). The molecule has 0 atom stereocenters. The summed E-state index contributed by atoms with van der Waals surface area (Å²) in [5.41, 5.74) is 2.21. The van der Waals surface area contributed by atoms with Crippen molar-refractivity contribution in [1.82, 2.24) is 14.9 Å². The molecule has 2 aromatic rings. The molecule has 0 amide bonds. The van der Waals surface area contributed by atoms with E-state index in [1.54, 1.807) is 19.1 Å². The summed E-state index contributed by atoms with van der Waals surface area (Å²) in [4.78, 5) is 0. The highest BCUT2D eigenvalue weighted by Gasteiger charge is 2.29. The largest absolute Gasteiger partial charge is 0.280 e. The third-order valence-electron chi connectivity index (χ3n) is 4.87. The van der Waals surface area contributed by atoms with E-state index >= 15 is 0 Å². The molecule has 26 heavy (non-hydrogen) atoms. The van der Waals surface area contributed by atoms with Crippen LogP contribution >= 0.6 is 0 Å². The van der Waals surface area contributed by atoms with E-state index in [4.69, 9.17) is 0 Å². The second kappa shape index (κ2) is 7.56. The summed E-state index contributed by atoms with van der Waals surface area (Å²) in [6.07, 6.45) is 2.94. The molecule has 1 heterocycles. The smallest absolute Gasteiger partial charge is 0.211 e. The molecule has 1 aromatic carbocycles. The second-order valence-corrected chi connectivity index (χ2v) is 8.60. The van der Waals surface area contributed by atoms with Gasteiger partial charge in [-0.3, -0.25) is 5.10 Å². The van der Waals surface area contributed by atoms with Crippen molar-refractivity contribution in [2.24, 2.45) is 0 Å². The predicted molar refractivity (Wildman–Crippen MR) is 96.3 cm³/mol. The van der Waals surface area contributed by atoms with Crippen LogP contribution in [-0.2, 0) is 10.0 Å². The van der Waals surface area contributed by atoms with Crippen LogP contribution in [0.25, 0.3) is 11.3 Å². The quantitative estimate of drug-likeness (QED) is 0.838. The average molecular weight is 376 g/mol. The van der Waals surface area contributed by atoms with E-state index < -0.39 is 10.0 Å². The number of H-pyrrole nitrogens is 1. The third-order valence-corrected chi connectivity index (χ3v) is 6.32. The first-order chi connectivity index (χ1) is 12.4. The lowest BCUT2D eigenvalue weighted by molar-refractivity contribution is 0.369. The molecule has 1 aliphatic rings. The summed E-state index contributed by atoms with van der Waals surface area (Å²) in [5.74, 6) is -0.190. The fourth-order valence-corrected chi connectivity index (χ4v) is 4.36. The normalized spacial score (nSPS) is 20.7. The van der Waals surface area contributed by atoms with Gasteiger partial charge < -0.3 is 0 Å². The summed E-state index contributed by atoms with van der Waals surface area (Å²) in [5, 5.41) is 16.8. The van der Waals surface area contributed by atoms with Crippen LogP contribution in [0.3, 0.4) is 0 Å². The molecule has 0 radical (unpaired) electrons. The molecule has 1 saturated carbocycles. The number of nitriles is 1. The monoisotopic (exact) mass is 376 g/mol. The van der Waals surface area contributed by atoms with Crippen molar-refractivity contribution >= 4 is 10.0 Å². The lowest BCUT2D eigenvalue weighted by atomic mass is 9.83. The number of hydrogen-bond donors (Lipinski definition) is 2. The predicted octanol–water partition coefficient (Wildman–Crippen LogP) is 3.05. The van der Waals surface area contributed by atoms with Crippen molar-refractivity contribution in [3.8, 4) is 17.3 Å². The van der Waals surface area contributed by atoms with E-state index in [-0.39, 0.29) is 23.5 Å². The minimum absolute atomic E-state index is 0.0626. The van der Waals surface area contributed by atoms with Crippen LogP contribution in [0.1, 0.15) is 49.8 Å². The molecule has 1 aliphatic carbocycles. The van der Waals surface area contributed by atoms with E-state index in [1.807, 2.05) is 0 Å². The lowest BCUT2D eigenvalue weighted by Gasteiger charge is -2.28. The van der Waals surface area contributed by atoms with Gasteiger partial charge in [-0.2, -0.15) is 10.4 Å². The number of halogens is 1. The molecule has 8 heteroatoms. The zero-order chi connectivity index (χ0) is 18.7. The highest BCUT2D eigenvalue weighted by molar-refractivity contribution is 7.89. The van der Waals surface area contributed by atoms with Gasteiger partial charge in [-0.05, 0) is 44.7 Å². The first kappa shape index (κ1) is 18.5. The summed E-state index contributed by atoms with van der Waals surface area (Å²) in [7, 11) is -3.21. The van der Waals surface area contributed by atoms with Crippen molar-refractivity contribution in [1.29, 1.82) is 5.26 Å². The third kappa shape index (κ3) is 3.94. The SMILES string of the molecule is CCS(=O)(=O)NC1CCC(c2[nH]nc(-c3cccc(F)c3)c2C#N)CC1. The van der Waals surface area contributed by atoms with Crippen LogP contribution in [0, 0.1) is 17.1 Å². The first-order valence-electron chi connectivity index (χ1n) is 8.67. The van der Waals surface area contributed by atoms with Gasteiger partial charge >= 0.3 is 0 Å². The number of nitrogens with one attached hydrogen (secondary N) is 2. The molecule has 0 aliphatic heterocycles. The minimum atomic E-state index is -3.21. The van der Waals surface area contributed by atoms with Gasteiger partial charge in [0.15, 0.2) is 0 Å². The molecule has 2 N–H and O–H groups in total. The van der Waals surface area contributed by atoms with Crippen molar-refractivity contribution in [3.63, 3.8) is 0 Å². The summed E-state index contributed by atoms with van der Waals surface area (Å²) >= 11 is 0. The van der Waals surface area contributed by atoms with Gasteiger partial charge in [0.1, 0.15) is 23.1 Å². The van der Waals surface area contributed by atoms with Crippen LogP contribution in [-0.4, -0.2) is 30.4 Å². The van der Waals surface area contributed by atoms with Crippen LogP contribution in [0.2, 0.25) is 0 Å². The summed E-state index contributed by atoms with van der Waals surface area (Å²) in [6, 6.07) is 8.15. The molecule has 1 fully saturated rings. The van der Waals surface area contributed by atoms with Gasteiger partial charge in [0.25, 0.3) is 0 Å². The lowest BCUT2D eigenvalue weighted by Crippen LogP contribution is -2.38. The number of aromatic nitrogens is 2. The van der Waals surface area contributed by atoms with Gasteiger partial charge in [-0.1, -0.05) is 12.1 Å². The maximum absolute atomic E-state index is 13.5. The Morgan fingerprint density at radius 1 is 1.35 bits per heavy atom. The molecule has 0 saturated heterocycles. The van der Waals surface area contributed by atoms with Gasteiger partial charge in [0.05, 0.1) is 11.4 Å². The fraction of sp³-hybridized carbons (Fsp3) is 0.444. The van der Waals surface area contributed by atoms with Crippen molar-refractivity contribution in [2.75, 3.05) is 5.75 Å². The van der Waals surface area contributed by atoms with Crippen LogP contribution in [0.5, 0.6) is 0 Å². The molecule has 0 spiro atoms. The maximum Gasteiger partial charge on any atom is 0.211 e. The highest BCUT2D eigenvalue weighted by atomic mass is 32.2. The Balaban J connectivity index is 1.77. The Kier molecular flexibility index (Phi) is 5.39. The molecule has 1 aromatic heterocycles. The number of hydrogen-bond acceptors (Lipinski definition) is 4. The van der Waals surface area contributed by atoms with Crippen molar-refractivity contribution in [2.45, 2.75) is 44.6 Å². The Labute approximate surface area is 152 Å². The zero-order valence-corrected chi connectivity index (χ0v) is 15.3. The molecule has 6 nitrogen and oxygen atoms in total. The second-order valence-electron chi connectivity index (χ2n) is 6.55. The van der Waals surface area contributed by atoms with E-state index in [1.165, 1.54) is 12.1 Å². The number of rotatable bonds is 5.